The van der Waals surface area contributed by atoms with Crippen molar-refractivity contribution in [2.75, 3.05) is 18.8 Å². The third-order valence-electron chi connectivity index (χ3n) is 4.22. The van der Waals surface area contributed by atoms with Crippen LogP contribution in [0.1, 0.15) is 39.0 Å². The van der Waals surface area contributed by atoms with Crippen LogP contribution < -0.4 is 5.32 Å². The largest absolute Gasteiger partial charge is 0.317 e. The Morgan fingerprint density at radius 2 is 1.95 bits per heavy atom. The molecule has 2 heteroatoms. The Morgan fingerprint density at radius 1 is 1.21 bits per heavy atom. The molecule has 1 unspecified atom stereocenters. The van der Waals surface area contributed by atoms with E-state index in [1.54, 1.807) is 0 Å². The van der Waals surface area contributed by atoms with Crippen LogP contribution in [0.5, 0.6) is 0 Å². The topological polar surface area (TPSA) is 12.0 Å². The molecule has 106 valence electrons. The lowest BCUT2D eigenvalue weighted by molar-refractivity contribution is 0.318. The molecule has 0 amide bonds. The van der Waals surface area contributed by atoms with E-state index in [2.05, 4.69) is 42.6 Å². The van der Waals surface area contributed by atoms with E-state index in [1.807, 2.05) is 11.8 Å². The summed E-state index contributed by atoms with van der Waals surface area (Å²) in [5.74, 6) is 3.13. The van der Waals surface area contributed by atoms with Gasteiger partial charge in [-0.15, -0.1) is 11.8 Å². The molecular weight excluding hydrogens is 250 g/mol. The molecule has 1 fully saturated rings. The minimum atomic E-state index is 0.888. The fourth-order valence-corrected chi connectivity index (χ4v) is 4.11. The summed E-state index contributed by atoms with van der Waals surface area (Å²) in [7, 11) is 0. The predicted molar refractivity (Wildman–Crippen MR) is 85.8 cm³/mol. The normalized spacial score (nSPS) is 17.7. The Balaban J connectivity index is 1.75. The van der Waals surface area contributed by atoms with E-state index in [4.69, 9.17) is 0 Å². The van der Waals surface area contributed by atoms with Gasteiger partial charge in [-0.2, -0.15) is 0 Å². The fourth-order valence-electron chi connectivity index (χ4n) is 3.11. The van der Waals surface area contributed by atoms with Gasteiger partial charge in [0.25, 0.3) is 0 Å². The van der Waals surface area contributed by atoms with E-state index in [-0.39, 0.29) is 0 Å². The van der Waals surface area contributed by atoms with Gasteiger partial charge in [0.05, 0.1) is 0 Å². The Bertz CT molecular complexity index is 332. The minimum absolute atomic E-state index is 0.888. The van der Waals surface area contributed by atoms with Gasteiger partial charge in [0.1, 0.15) is 0 Å². The van der Waals surface area contributed by atoms with E-state index in [0.717, 1.165) is 18.4 Å². The maximum atomic E-state index is 3.56. The standard InChI is InChI=1S/C17H27NS/c1-2-18-14-16(15-8-6-7-9-15)12-13-19-17-10-4-3-5-11-17/h3-5,10-11,15-16,18H,2,6-9,12-14H2,1H3. The van der Waals surface area contributed by atoms with E-state index < -0.39 is 0 Å². The first-order valence-corrected chi connectivity index (χ1v) is 8.77. The average Bonchev–Trinajstić information content (AvgIpc) is 2.98. The molecule has 1 aromatic rings. The Morgan fingerprint density at radius 3 is 2.63 bits per heavy atom. The van der Waals surface area contributed by atoms with Gasteiger partial charge in [-0.3, -0.25) is 0 Å². The van der Waals surface area contributed by atoms with Crippen molar-refractivity contribution in [3.05, 3.63) is 30.3 Å². The van der Waals surface area contributed by atoms with Crippen LogP contribution in [0.15, 0.2) is 35.2 Å². The second-order valence-corrected chi connectivity index (χ2v) is 6.73. The number of hydrogen-bond acceptors (Lipinski definition) is 2. The summed E-state index contributed by atoms with van der Waals surface area (Å²) < 4.78 is 0. The highest BCUT2D eigenvalue weighted by molar-refractivity contribution is 7.99. The summed E-state index contributed by atoms with van der Waals surface area (Å²) in [6.45, 7) is 4.54. The second-order valence-electron chi connectivity index (χ2n) is 5.56. The zero-order valence-electron chi connectivity index (χ0n) is 12.1. The zero-order valence-corrected chi connectivity index (χ0v) is 12.9. The molecule has 0 bridgehead atoms. The van der Waals surface area contributed by atoms with Crippen molar-refractivity contribution in [3.8, 4) is 0 Å². The summed E-state index contributed by atoms with van der Waals surface area (Å²) in [5.41, 5.74) is 0. The van der Waals surface area contributed by atoms with Gasteiger partial charge in [-0.05, 0) is 49.2 Å². The fraction of sp³-hybridized carbons (Fsp3) is 0.647. The molecule has 1 nitrogen and oxygen atoms in total. The maximum absolute atomic E-state index is 3.56. The molecular formula is C17H27NS. The summed E-state index contributed by atoms with van der Waals surface area (Å²) in [6.07, 6.45) is 7.20. The first kappa shape index (κ1) is 14.9. The minimum Gasteiger partial charge on any atom is -0.317 e. The van der Waals surface area contributed by atoms with E-state index >= 15 is 0 Å². The van der Waals surface area contributed by atoms with Crippen molar-refractivity contribution in [2.45, 2.75) is 43.9 Å². The summed E-state index contributed by atoms with van der Waals surface area (Å²) in [4.78, 5) is 1.41. The molecule has 0 aliphatic heterocycles. The van der Waals surface area contributed by atoms with Crippen LogP contribution >= 0.6 is 11.8 Å². The third-order valence-corrected chi connectivity index (χ3v) is 5.27. The Hall–Kier alpha value is -0.470. The van der Waals surface area contributed by atoms with Crippen LogP contribution in [0.4, 0.5) is 0 Å². The predicted octanol–water partition coefficient (Wildman–Crippen LogP) is 4.58. The summed E-state index contributed by atoms with van der Waals surface area (Å²) in [6, 6.07) is 10.8. The van der Waals surface area contributed by atoms with Crippen molar-refractivity contribution >= 4 is 11.8 Å². The molecule has 0 radical (unpaired) electrons. The van der Waals surface area contributed by atoms with Crippen molar-refractivity contribution in [1.82, 2.24) is 5.32 Å². The molecule has 0 aromatic heterocycles. The summed E-state index contributed by atoms with van der Waals surface area (Å²) in [5, 5.41) is 3.56. The highest BCUT2D eigenvalue weighted by Crippen LogP contribution is 2.34. The van der Waals surface area contributed by atoms with Crippen molar-refractivity contribution in [3.63, 3.8) is 0 Å². The van der Waals surface area contributed by atoms with Gasteiger partial charge in [-0.25, -0.2) is 0 Å². The first-order chi connectivity index (χ1) is 9.40. The van der Waals surface area contributed by atoms with E-state index in [0.29, 0.717) is 0 Å². The van der Waals surface area contributed by atoms with Crippen LogP contribution in [-0.4, -0.2) is 18.8 Å². The van der Waals surface area contributed by atoms with Crippen LogP contribution in [0, 0.1) is 11.8 Å². The van der Waals surface area contributed by atoms with Gasteiger partial charge in [-0.1, -0.05) is 50.8 Å². The molecule has 1 aromatic carbocycles. The Kier molecular flexibility index (Phi) is 6.80. The molecule has 0 heterocycles. The molecule has 1 aliphatic rings. The monoisotopic (exact) mass is 277 g/mol. The molecule has 1 saturated carbocycles. The van der Waals surface area contributed by atoms with Gasteiger partial charge in [0, 0.05) is 4.90 Å². The highest BCUT2D eigenvalue weighted by Gasteiger charge is 2.24. The lowest BCUT2D eigenvalue weighted by Crippen LogP contribution is -2.27. The number of rotatable bonds is 8. The number of hydrogen-bond donors (Lipinski definition) is 1. The molecule has 0 spiro atoms. The van der Waals surface area contributed by atoms with Crippen LogP contribution in [0.3, 0.4) is 0 Å². The van der Waals surface area contributed by atoms with Gasteiger partial charge < -0.3 is 5.32 Å². The smallest absolute Gasteiger partial charge is 0.00719 e. The molecule has 2 rings (SSSR count). The lowest BCUT2D eigenvalue weighted by atomic mass is 9.88. The molecule has 0 saturated heterocycles. The molecule has 19 heavy (non-hydrogen) atoms. The lowest BCUT2D eigenvalue weighted by Gasteiger charge is -2.23. The van der Waals surface area contributed by atoms with Crippen LogP contribution in [0.25, 0.3) is 0 Å². The first-order valence-electron chi connectivity index (χ1n) is 7.78. The average molecular weight is 277 g/mol. The SMILES string of the molecule is CCNCC(CCSc1ccccc1)C1CCCC1. The molecule has 1 atom stereocenters. The third kappa shape index (κ3) is 5.19. The highest BCUT2D eigenvalue weighted by atomic mass is 32.2. The zero-order chi connectivity index (χ0) is 13.3. The second kappa shape index (κ2) is 8.65. The van der Waals surface area contributed by atoms with Crippen molar-refractivity contribution in [2.24, 2.45) is 11.8 Å². The van der Waals surface area contributed by atoms with Gasteiger partial charge in [0.2, 0.25) is 0 Å². The number of nitrogens with one attached hydrogen (secondary N) is 1. The van der Waals surface area contributed by atoms with E-state index in [9.17, 15) is 0 Å². The quantitative estimate of drug-likeness (QED) is 0.698. The Labute approximate surface area is 122 Å². The van der Waals surface area contributed by atoms with Gasteiger partial charge >= 0.3 is 0 Å². The molecule has 1 N–H and O–H groups in total. The molecule has 1 aliphatic carbocycles. The van der Waals surface area contributed by atoms with E-state index in [1.165, 1.54) is 49.3 Å². The van der Waals surface area contributed by atoms with Crippen LogP contribution in [0.2, 0.25) is 0 Å². The van der Waals surface area contributed by atoms with Crippen molar-refractivity contribution in [1.29, 1.82) is 0 Å². The van der Waals surface area contributed by atoms with Crippen LogP contribution in [-0.2, 0) is 0 Å². The number of benzene rings is 1. The van der Waals surface area contributed by atoms with Gasteiger partial charge in [0.15, 0.2) is 0 Å². The van der Waals surface area contributed by atoms with Crippen molar-refractivity contribution < 1.29 is 0 Å². The number of thioether (sulfide) groups is 1. The maximum Gasteiger partial charge on any atom is 0.00719 e. The summed E-state index contributed by atoms with van der Waals surface area (Å²) >= 11 is 2.01.